The molecule has 0 bridgehead atoms. The maximum atomic E-state index is 12.5. The Kier molecular flexibility index (Phi) is 3.39. The predicted octanol–water partition coefficient (Wildman–Crippen LogP) is 1.55. The number of alkyl halides is 2. The summed E-state index contributed by atoms with van der Waals surface area (Å²) in [5.41, 5.74) is -0.252. The number of rotatable bonds is 3. The average molecular weight is 216 g/mol. The largest absolute Gasteiger partial charge is 0.363 e. The summed E-state index contributed by atoms with van der Waals surface area (Å²) < 4.78 is 25.1. The summed E-state index contributed by atoms with van der Waals surface area (Å²) >= 11 is 0. The summed E-state index contributed by atoms with van der Waals surface area (Å²) in [4.78, 5) is 11.1. The van der Waals surface area contributed by atoms with E-state index in [-0.39, 0.29) is 11.6 Å². The highest BCUT2D eigenvalue weighted by Gasteiger charge is 2.14. The number of hydrogen-bond acceptors (Lipinski definition) is 4. The third-order valence-corrected chi connectivity index (χ3v) is 1.80. The van der Waals surface area contributed by atoms with Gasteiger partial charge in [0.1, 0.15) is 11.5 Å². The van der Waals surface area contributed by atoms with Crippen molar-refractivity contribution in [1.82, 2.24) is 9.97 Å². The minimum absolute atomic E-state index is 0.252. The molecule has 6 heteroatoms. The molecule has 0 radical (unpaired) electrons. The lowest BCUT2D eigenvalue weighted by Gasteiger charge is -2.17. The smallest absolute Gasteiger partial charge is 0.280 e. The zero-order valence-electron chi connectivity index (χ0n) is 9.20. The van der Waals surface area contributed by atoms with Gasteiger partial charge < -0.3 is 9.80 Å². The van der Waals surface area contributed by atoms with E-state index >= 15 is 0 Å². The van der Waals surface area contributed by atoms with Gasteiger partial charge in [0.2, 0.25) is 5.95 Å². The van der Waals surface area contributed by atoms with E-state index in [4.69, 9.17) is 0 Å². The van der Waals surface area contributed by atoms with Crippen LogP contribution < -0.4 is 9.80 Å². The highest BCUT2D eigenvalue weighted by Crippen LogP contribution is 2.22. The molecular weight excluding hydrogens is 202 g/mol. The van der Waals surface area contributed by atoms with Crippen LogP contribution in [0.5, 0.6) is 0 Å². The van der Waals surface area contributed by atoms with Gasteiger partial charge in [0, 0.05) is 34.3 Å². The molecule has 0 atom stereocenters. The van der Waals surface area contributed by atoms with Gasteiger partial charge in [-0.25, -0.2) is 13.8 Å². The minimum Gasteiger partial charge on any atom is -0.363 e. The molecule has 4 nitrogen and oxygen atoms in total. The van der Waals surface area contributed by atoms with Crippen LogP contribution >= 0.6 is 0 Å². The van der Waals surface area contributed by atoms with Crippen LogP contribution in [0.3, 0.4) is 0 Å². The molecule has 15 heavy (non-hydrogen) atoms. The van der Waals surface area contributed by atoms with E-state index in [0.29, 0.717) is 5.82 Å². The molecule has 0 fully saturated rings. The topological polar surface area (TPSA) is 32.3 Å². The van der Waals surface area contributed by atoms with E-state index in [2.05, 4.69) is 9.97 Å². The molecule has 0 saturated carbocycles. The van der Waals surface area contributed by atoms with E-state index in [0.717, 1.165) is 0 Å². The molecule has 0 saturated heterocycles. The first-order chi connectivity index (χ1) is 6.91. The summed E-state index contributed by atoms with van der Waals surface area (Å²) in [5, 5.41) is 0. The van der Waals surface area contributed by atoms with Crippen molar-refractivity contribution in [3.8, 4) is 0 Å². The zero-order chi connectivity index (χ0) is 11.6. The maximum Gasteiger partial charge on any atom is 0.280 e. The number of aromatic nitrogens is 2. The summed E-state index contributed by atoms with van der Waals surface area (Å²) in [6.07, 6.45) is -2.58. The van der Waals surface area contributed by atoms with Gasteiger partial charge in [-0.2, -0.15) is 4.98 Å². The maximum absolute atomic E-state index is 12.5. The van der Waals surface area contributed by atoms with Gasteiger partial charge in [-0.15, -0.1) is 0 Å². The third-order valence-electron chi connectivity index (χ3n) is 1.80. The fourth-order valence-corrected chi connectivity index (χ4v) is 0.981. The predicted molar refractivity (Wildman–Crippen MR) is 55.6 cm³/mol. The second-order valence-electron chi connectivity index (χ2n) is 3.54. The van der Waals surface area contributed by atoms with Gasteiger partial charge in [-0.3, -0.25) is 0 Å². The summed E-state index contributed by atoms with van der Waals surface area (Å²) in [5.74, 6) is 0.764. The highest BCUT2D eigenvalue weighted by atomic mass is 19.3. The van der Waals surface area contributed by atoms with Crippen molar-refractivity contribution in [3.05, 3.63) is 11.8 Å². The first-order valence-electron chi connectivity index (χ1n) is 4.43. The van der Waals surface area contributed by atoms with Gasteiger partial charge in [0.25, 0.3) is 6.43 Å². The second-order valence-corrected chi connectivity index (χ2v) is 3.54. The normalized spacial score (nSPS) is 10.6. The van der Waals surface area contributed by atoms with E-state index in [1.54, 1.807) is 38.0 Å². The Morgan fingerprint density at radius 1 is 1.07 bits per heavy atom. The summed E-state index contributed by atoms with van der Waals surface area (Å²) in [6.45, 7) is 0. The Bertz CT molecular complexity index is 274. The van der Waals surface area contributed by atoms with Crippen LogP contribution in [0.2, 0.25) is 0 Å². The first-order valence-corrected chi connectivity index (χ1v) is 4.43. The van der Waals surface area contributed by atoms with Crippen LogP contribution in [-0.2, 0) is 0 Å². The first kappa shape index (κ1) is 11.6. The number of nitrogens with zero attached hydrogens (tertiary/aromatic N) is 4. The summed E-state index contributed by atoms with van der Waals surface area (Å²) in [7, 11) is 6.92. The van der Waals surface area contributed by atoms with Crippen molar-refractivity contribution < 1.29 is 8.78 Å². The van der Waals surface area contributed by atoms with Crippen molar-refractivity contribution in [1.29, 1.82) is 0 Å². The molecule has 0 aliphatic heterocycles. The molecule has 0 aliphatic carbocycles. The number of halogens is 2. The molecule has 1 aromatic heterocycles. The van der Waals surface area contributed by atoms with Crippen LogP contribution in [0.25, 0.3) is 0 Å². The van der Waals surface area contributed by atoms with E-state index in [1.165, 1.54) is 6.07 Å². The van der Waals surface area contributed by atoms with E-state index < -0.39 is 6.43 Å². The molecular formula is C9H14F2N4. The number of anilines is 2. The fraction of sp³-hybridized carbons (Fsp3) is 0.556. The zero-order valence-corrected chi connectivity index (χ0v) is 9.20. The lowest BCUT2D eigenvalue weighted by molar-refractivity contribution is 0.146. The van der Waals surface area contributed by atoms with Gasteiger partial charge in [0.15, 0.2) is 0 Å². The van der Waals surface area contributed by atoms with Crippen molar-refractivity contribution in [3.63, 3.8) is 0 Å². The molecule has 0 N–H and O–H groups in total. The molecule has 1 aromatic rings. The SMILES string of the molecule is CN(C)c1cc(C(F)F)nc(N(C)C)n1. The molecule has 0 aliphatic rings. The number of hydrogen-bond donors (Lipinski definition) is 0. The molecule has 1 heterocycles. The molecule has 0 amide bonds. The Labute approximate surface area is 87.5 Å². The molecule has 84 valence electrons. The monoisotopic (exact) mass is 216 g/mol. The van der Waals surface area contributed by atoms with E-state index in [9.17, 15) is 8.78 Å². The van der Waals surface area contributed by atoms with Crippen molar-refractivity contribution in [2.75, 3.05) is 38.0 Å². The lowest BCUT2D eigenvalue weighted by Crippen LogP contribution is -2.18. The molecule has 0 aromatic carbocycles. The van der Waals surface area contributed by atoms with Crippen LogP contribution in [0.1, 0.15) is 12.1 Å². The van der Waals surface area contributed by atoms with Crippen molar-refractivity contribution in [2.24, 2.45) is 0 Å². The Morgan fingerprint density at radius 3 is 2.07 bits per heavy atom. The van der Waals surface area contributed by atoms with Gasteiger partial charge in [-0.1, -0.05) is 0 Å². The Morgan fingerprint density at radius 2 is 1.67 bits per heavy atom. The lowest BCUT2D eigenvalue weighted by atomic mass is 10.4. The van der Waals surface area contributed by atoms with Gasteiger partial charge in [0.05, 0.1) is 0 Å². The standard InChI is InChI=1S/C9H14F2N4/c1-14(2)7-5-6(8(10)11)12-9(13-7)15(3)4/h5,8H,1-4H3. The highest BCUT2D eigenvalue weighted by molar-refractivity contribution is 5.44. The van der Waals surface area contributed by atoms with Gasteiger partial charge in [-0.05, 0) is 0 Å². The molecule has 0 spiro atoms. The van der Waals surface area contributed by atoms with Crippen molar-refractivity contribution in [2.45, 2.75) is 6.43 Å². The molecule has 0 unspecified atom stereocenters. The minimum atomic E-state index is -2.58. The Hall–Kier alpha value is -1.46. The van der Waals surface area contributed by atoms with Gasteiger partial charge >= 0.3 is 0 Å². The fourth-order valence-electron chi connectivity index (χ4n) is 0.981. The van der Waals surface area contributed by atoms with E-state index in [1.807, 2.05) is 0 Å². The third kappa shape index (κ3) is 2.74. The molecule has 1 rings (SSSR count). The summed E-state index contributed by atoms with van der Waals surface area (Å²) in [6, 6.07) is 1.29. The average Bonchev–Trinajstić information content (AvgIpc) is 2.16. The Balaban J connectivity index is 3.20. The van der Waals surface area contributed by atoms with Crippen LogP contribution in [0.4, 0.5) is 20.5 Å². The van der Waals surface area contributed by atoms with Crippen LogP contribution in [-0.4, -0.2) is 38.2 Å². The van der Waals surface area contributed by atoms with Crippen LogP contribution in [0.15, 0.2) is 6.07 Å². The van der Waals surface area contributed by atoms with Crippen LogP contribution in [0, 0.1) is 0 Å². The second kappa shape index (κ2) is 4.37. The van der Waals surface area contributed by atoms with Crippen molar-refractivity contribution >= 4 is 11.8 Å². The quantitative estimate of drug-likeness (QED) is 0.767.